The van der Waals surface area contributed by atoms with Crippen LogP contribution in [-0.4, -0.2) is 41.8 Å². The van der Waals surface area contributed by atoms with E-state index in [1.54, 1.807) is 4.90 Å². The van der Waals surface area contributed by atoms with Crippen molar-refractivity contribution in [3.8, 4) is 0 Å². The zero-order valence-electron chi connectivity index (χ0n) is 11.2. The Bertz CT molecular complexity index is 499. The average Bonchev–Trinajstić information content (AvgIpc) is 3.12. The predicted octanol–water partition coefficient (Wildman–Crippen LogP) is 2.09. The van der Waals surface area contributed by atoms with Gasteiger partial charge in [-0.25, -0.2) is 0 Å². The topological polar surface area (TPSA) is 38.8 Å². The molecule has 0 aliphatic carbocycles. The molecule has 0 saturated carbocycles. The zero-order chi connectivity index (χ0) is 13.9. The van der Waals surface area contributed by atoms with Crippen molar-refractivity contribution in [3.63, 3.8) is 0 Å². The fraction of sp³-hybridized carbons (Fsp3) is 0.467. The van der Waals surface area contributed by atoms with Crippen molar-refractivity contribution >= 4 is 23.3 Å². The molecule has 1 aromatic rings. The van der Waals surface area contributed by atoms with E-state index in [-0.39, 0.29) is 23.1 Å². The molecule has 0 radical (unpaired) electrons. The molecule has 2 atom stereocenters. The number of carbonyl (C=O) groups excluding carboxylic acids is 1. The van der Waals surface area contributed by atoms with Crippen LogP contribution in [0.2, 0.25) is 0 Å². The van der Waals surface area contributed by atoms with Gasteiger partial charge in [-0.05, 0) is 30.6 Å². The standard InChI is InChI=1S/C15H17NO3S/c17-14(16-8-10-19-15(16)20)13(12-7-4-9-18-12)11-5-2-1-3-6-11/h1-3,5-6,12-13H,4,7-10H2/t12-,13+/m0/s1. The molecule has 5 heteroatoms. The normalized spacial score (nSPS) is 23.7. The third kappa shape index (κ3) is 2.55. The first-order valence-electron chi connectivity index (χ1n) is 6.92. The summed E-state index contributed by atoms with van der Waals surface area (Å²) in [7, 11) is 0. The molecule has 0 spiro atoms. The van der Waals surface area contributed by atoms with Crippen LogP contribution in [0, 0.1) is 0 Å². The molecule has 2 fully saturated rings. The summed E-state index contributed by atoms with van der Waals surface area (Å²) >= 11 is 5.10. The first-order valence-corrected chi connectivity index (χ1v) is 7.33. The second-order valence-corrected chi connectivity index (χ2v) is 5.39. The fourth-order valence-corrected chi connectivity index (χ4v) is 3.07. The van der Waals surface area contributed by atoms with Crippen LogP contribution in [0.15, 0.2) is 30.3 Å². The summed E-state index contributed by atoms with van der Waals surface area (Å²) in [5.41, 5.74) is 0.985. The van der Waals surface area contributed by atoms with Gasteiger partial charge in [0.2, 0.25) is 5.91 Å². The second-order valence-electron chi connectivity index (χ2n) is 5.04. The Hall–Kier alpha value is -1.46. The molecule has 2 aliphatic heterocycles. The second kappa shape index (κ2) is 5.89. The molecule has 4 nitrogen and oxygen atoms in total. The van der Waals surface area contributed by atoms with Crippen LogP contribution in [0.1, 0.15) is 24.3 Å². The van der Waals surface area contributed by atoms with Gasteiger partial charge in [-0.2, -0.15) is 0 Å². The fourth-order valence-electron chi connectivity index (χ4n) is 2.80. The molecule has 0 N–H and O–H groups in total. The molecular formula is C15H17NO3S. The van der Waals surface area contributed by atoms with E-state index < -0.39 is 0 Å². The van der Waals surface area contributed by atoms with Crippen molar-refractivity contribution in [2.45, 2.75) is 24.9 Å². The molecule has 3 rings (SSSR count). The van der Waals surface area contributed by atoms with Crippen molar-refractivity contribution in [1.82, 2.24) is 4.90 Å². The van der Waals surface area contributed by atoms with Crippen LogP contribution < -0.4 is 0 Å². The summed E-state index contributed by atoms with van der Waals surface area (Å²) < 4.78 is 11.0. The summed E-state index contributed by atoms with van der Waals surface area (Å²) in [6, 6.07) is 9.80. The van der Waals surface area contributed by atoms with Gasteiger partial charge in [0.25, 0.3) is 5.17 Å². The van der Waals surface area contributed by atoms with Crippen molar-refractivity contribution < 1.29 is 14.3 Å². The molecule has 2 saturated heterocycles. The number of thiocarbonyl (C=S) groups is 1. The summed E-state index contributed by atoms with van der Waals surface area (Å²) in [4.78, 5) is 14.4. The van der Waals surface area contributed by atoms with E-state index in [9.17, 15) is 4.79 Å². The lowest BCUT2D eigenvalue weighted by Gasteiger charge is -2.26. The van der Waals surface area contributed by atoms with Crippen LogP contribution >= 0.6 is 12.2 Å². The van der Waals surface area contributed by atoms with Gasteiger partial charge in [-0.15, -0.1) is 0 Å². The monoisotopic (exact) mass is 291 g/mol. The summed E-state index contributed by atoms with van der Waals surface area (Å²) in [5, 5.41) is 0.286. The van der Waals surface area contributed by atoms with Crippen LogP contribution in [0.4, 0.5) is 0 Å². The molecule has 106 valence electrons. The maximum atomic E-state index is 12.8. The largest absolute Gasteiger partial charge is 0.469 e. The molecule has 20 heavy (non-hydrogen) atoms. The highest BCUT2D eigenvalue weighted by molar-refractivity contribution is 7.80. The lowest BCUT2D eigenvalue weighted by atomic mass is 9.90. The number of hydrogen-bond donors (Lipinski definition) is 0. The number of hydrogen-bond acceptors (Lipinski definition) is 4. The third-order valence-corrected chi connectivity index (χ3v) is 4.13. The Balaban J connectivity index is 1.88. The Morgan fingerprint density at radius 3 is 2.70 bits per heavy atom. The van der Waals surface area contributed by atoms with Crippen molar-refractivity contribution in [2.75, 3.05) is 19.8 Å². The van der Waals surface area contributed by atoms with E-state index in [0.29, 0.717) is 13.2 Å². The van der Waals surface area contributed by atoms with Gasteiger partial charge < -0.3 is 9.47 Å². The highest BCUT2D eigenvalue weighted by Crippen LogP contribution is 2.31. The SMILES string of the molecule is O=C([C@H](c1ccccc1)[C@@H]1CCCO1)N1CCOC1=S. The molecule has 1 amide bonds. The van der Waals surface area contributed by atoms with E-state index in [1.807, 2.05) is 30.3 Å². The Morgan fingerprint density at radius 1 is 1.30 bits per heavy atom. The lowest BCUT2D eigenvalue weighted by molar-refractivity contribution is -0.131. The minimum Gasteiger partial charge on any atom is -0.469 e. The summed E-state index contributed by atoms with van der Waals surface area (Å²) in [6.07, 6.45) is 1.85. The summed E-state index contributed by atoms with van der Waals surface area (Å²) in [6.45, 7) is 1.74. The zero-order valence-corrected chi connectivity index (χ0v) is 12.0. The van der Waals surface area contributed by atoms with E-state index in [4.69, 9.17) is 21.7 Å². The van der Waals surface area contributed by atoms with Crippen molar-refractivity contribution in [2.24, 2.45) is 0 Å². The van der Waals surface area contributed by atoms with E-state index in [0.717, 1.165) is 25.0 Å². The first-order chi connectivity index (χ1) is 9.77. The quantitative estimate of drug-likeness (QED) is 0.799. The molecule has 1 aromatic carbocycles. The van der Waals surface area contributed by atoms with Gasteiger partial charge in [0.1, 0.15) is 6.61 Å². The maximum absolute atomic E-state index is 12.8. The van der Waals surface area contributed by atoms with Crippen LogP contribution in [-0.2, 0) is 14.3 Å². The Labute approximate surface area is 123 Å². The van der Waals surface area contributed by atoms with Crippen molar-refractivity contribution in [1.29, 1.82) is 0 Å². The molecule has 0 bridgehead atoms. The Morgan fingerprint density at radius 2 is 2.10 bits per heavy atom. The maximum Gasteiger partial charge on any atom is 0.266 e. The van der Waals surface area contributed by atoms with Gasteiger partial charge >= 0.3 is 0 Å². The Kier molecular flexibility index (Phi) is 3.98. The lowest BCUT2D eigenvalue weighted by Crippen LogP contribution is -2.40. The van der Waals surface area contributed by atoms with E-state index >= 15 is 0 Å². The first kappa shape index (κ1) is 13.5. The number of carbonyl (C=O) groups is 1. The summed E-state index contributed by atoms with van der Waals surface area (Å²) in [5.74, 6) is -0.302. The third-order valence-electron chi connectivity index (χ3n) is 3.79. The van der Waals surface area contributed by atoms with Gasteiger partial charge in [-0.3, -0.25) is 9.69 Å². The highest BCUT2D eigenvalue weighted by Gasteiger charge is 2.38. The van der Waals surface area contributed by atoms with Crippen LogP contribution in [0.5, 0.6) is 0 Å². The molecular weight excluding hydrogens is 274 g/mol. The smallest absolute Gasteiger partial charge is 0.266 e. The molecule has 2 aliphatic rings. The number of rotatable bonds is 3. The highest BCUT2D eigenvalue weighted by atomic mass is 32.1. The van der Waals surface area contributed by atoms with Crippen molar-refractivity contribution in [3.05, 3.63) is 35.9 Å². The van der Waals surface area contributed by atoms with Gasteiger partial charge in [0.15, 0.2) is 0 Å². The average molecular weight is 291 g/mol. The van der Waals surface area contributed by atoms with Crippen LogP contribution in [0.3, 0.4) is 0 Å². The van der Waals surface area contributed by atoms with Gasteiger partial charge in [-0.1, -0.05) is 30.3 Å². The minimum atomic E-state index is -0.293. The van der Waals surface area contributed by atoms with Crippen LogP contribution in [0.25, 0.3) is 0 Å². The minimum absolute atomic E-state index is 0.00870. The van der Waals surface area contributed by atoms with Gasteiger partial charge in [0.05, 0.1) is 18.6 Å². The molecule has 0 aromatic heterocycles. The van der Waals surface area contributed by atoms with E-state index in [2.05, 4.69) is 0 Å². The van der Waals surface area contributed by atoms with E-state index in [1.165, 1.54) is 0 Å². The van der Waals surface area contributed by atoms with Gasteiger partial charge in [0, 0.05) is 6.61 Å². The molecule has 0 unspecified atom stereocenters. The molecule has 2 heterocycles. The predicted molar refractivity (Wildman–Crippen MR) is 78.4 cm³/mol. The number of amides is 1. The number of ether oxygens (including phenoxy) is 2. The number of benzene rings is 1. The number of nitrogens with zero attached hydrogens (tertiary/aromatic N) is 1.